The predicted octanol–water partition coefficient (Wildman–Crippen LogP) is 5.99. The lowest BCUT2D eigenvalue weighted by molar-refractivity contribution is -0.137. The first kappa shape index (κ1) is 23.5. The number of nitriles is 1. The van der Waals surface area contributed by atoms with Crippen molar-refractivity contribution in [2.45, 2.75) is 24.7 Å². The minimum absolute atomic E-state index is 0.0753. The molecule has 1 fully saturated rings. The summed E-state index contributed by atoms with van der Waals surface area (Å²) in [6, 6.07) is 17.6. The number of carbonyl (C=O) groups is 1. The van der Waals surface area contributed by atoms with Crippen LogP contribution in [0.4, 0.5) is 13.2 Å². The molecule has 2 heterocycles. The molecule has 4 nitrogen and oxygen atoms in total. The second-order valence-electron chi connectivity index (χ2n) is 7.81. The Kier molecular flexibility index (Phi) is 6.88. The minimum atomic E-state index is -4.40. The first-order chi connectivity index (χ1) is 15.7. The van der Waals surface area contributed by atoms with Gasteiger partial charge in [-0.2, -0.15) is 18.4 Å². The molecule has 9 heteroatoms. The summed E-state index contributed by atoms with van der Waals surface area (Å²) in [7, 11) is 0. The van der Waals surface area contributed by atoms with Crippen LogP contribution in [0.2, 0.25) is 0 Å². The van der Waals surface area contributed by atoms with Crippen molar-refractivity contribution in [2.24, 2.45) is 0 Å². The largest absolute Gasteiger partial charge is 0.416 e. The van der Waals surface area contributed by atoms with E-state index >= 15 is 0 Å². The molecule has 0 spiro atoms. The van der Waals surface area contributed by atoms with Gasteiger partial charge in [0.05, 0.1) is 31.9 Å². The van der Waals surface area contributed by atoms with Crippen molar-refractivity contribution in [1.29, 1.82) is 5.26 Å². The molecular formula is C24H19BrF3N3OS. The lowest BCUT2D eigenvalue weighted by Gasteiger charge is -2.29. The number of nitrogens with zero attached hydrogens (tertiary/aromatic N) is 2. The highest BCUT2D eigenvalue weighted by molar-refractivity contribution is 9.11. The Morgan fingerprint density at radius 2 is 1.73 bits per heavy atom. The second-order valence-corrected chi connectivity index (χ2v) is 10.3. The van der Waals surface area contributed by atoms with Gasteiger partial charge in [-0.1, -0.05) is 24.3 Å². The zero-order valence-corrected chi connectivity index (χ0v) is 19.7. The summed E-state index contributed by atoms with van der Waals surface area (Å²) in [5, 5.41) is 12.2. The van der Waals surface area contributed by atoms with Gasteiger partial charge in [0.2, 0.25) is 0 Å². The molecule has 1 aliphatic rings. The molecular weight excluding hydrogens is 515 g/mol. The Hall–Kier alpha value is -2.67. The molecule has 2 atom stereocenters. The maximum Gasteiger partial charge on any atom is 0.416 e. The van der Waals surface area contributed by atoms with Crippen molar-refractivity contribution in [3.63, 3.8) is 0 Å². The van der Waals surface area contributed by atoms with Crippen molar-refractivity contribution in [2.75, 3.05) is 13.1 Å². The number of alkyl halides is 3. The summed E-state index contributed by atoms with van der Waals surface area (Å²) in [6.07, 6.45) is -3.67. The van der Waals surface area contributed by atoms with Crippen LogP contribution in [0.25, 0.3) is 0 Å². The summed E-state index contributed by atoms with van der Waals surface area (Å²) >= 11 is 4.72. The number of thiophene rings is 1. The third kappa shape index (κ3) is 5.46. The Morgan fingerprint density at radius 3 is 2.27 bits per heavy atom. The molecule has 1 amide bonds. The van der Waals surface area contributed by atoms with E-state index in [1.807, 2.05) is 18.2 Å². The first-order valence-corrected chi connectivity index (χ1v) is 11.8. The standard InChI is InChI=1S/C24H19BrF3N3OS/c25-21-10-9-20(33-21)23(32)30-19-11-12-31(14-19)22(16-3-1-15(13-29)2-4-16)17-5-7-18(8-6-17)24(26,27)28/h1-10,19,22H,11-12,14H2,(H,30,32)/t19?,22-/m1/s1. The quantitative estimate of drug-likeness (QED) is 0.437. The summed E-state index contributed by atoms with van der Waals surface area (Å²) < 4.78 is 40.1. The third-order valence-electron chi connectivity index (χ3n) is 5.63. The first-order valence-electron chi connectivity index (χ1n) is 10.2. The normalized spacial score (nSPS) is 17.5. The molecule has 1 unspecified atom stereocenters. The summed E-state index contributed by atoms with van der Waals surface area (Å²) in [5.74, 6) is -0.137. The minimum Gasteiger partial charge on any atom is -0.347 e. The topological polar surface area (TPSA) is 56.1 Å². The van der Waals surface area contributed by atoms with Crippen molar-refractivity contribution in [3.05, 3.63) is 91.6 Å². The number of likely N-dealkylation sites (tertiary alicyclic amines) is 1. The van der Waals surface area contributed by atoms with Crippen molar-refractivity contribution >= 4 is 33.2 Å². The van der Waals surface area contributed by atoms with E-state index < -0.39 is 11.7 Å². The van der Waals surface area contributed by atoms with E-state index in [2.05, 4.69) is 32.2 Å². The van der Waals surface area contributed by atoms with Gasteiger partial charge in [0.25, 0.3) is 5.91 Å². The van der Waals surface area contributed by atoms with Gasteiger partial charge >= 0.3 is 6.18 Å². The zero-order valence-electron chi connectivity index (χ0n) is 17.3. The highest BCUT2D eigenvalue weighted by atomic mass is 79.9. The summed E-state index contributed by atoms with van der Waals surface area (Å²) in [5.41, 5.74) is 1.42. The number of benzene rings is 2. The number of hydrogen-bond acceptors (Lipinski definition) is 4. The summed E-state index contributed by atoms with van der Waals surface area (Å²) in [4.78, 5) is 15.3. The molecule has 1 aromatic heterocycles. The van der Waals surface area contributed by atoms with E-state index in [0.29, 0.717) is 23.5 Å². The lowest BCUT2D eigenvalue weighted by atomic mass is 9.95. The van der Waals surface area contributed by atoms with E-state index in [4.69, 9.17) is 5.26 Å². The Balaban J connectivity index is 1.57. The fourth-order valence-corrected chi connectivity index (χ4v) is 5.33. The van der Waals surface area contributed by atoms with Crippen LogP contribution >= 0.6 is 27.3 Å². The van der Waals surface area contributed by atoms with Crippen LogP contribution in [0.1, 0.15) is 44.4 Å². The van der Waals surface area contributed by atoms with Crippen LogP contribution in [0.15, 0.2) is 64.5 Å². The molecule has 1 aliphatic heterocycles. The number of carbonyl (C=O) groups excluding carboxylic acids is 1. The monoisotopic (exact) mass is 533 g/mol. The van der Waals surface area contributed by atoms with Crippen LogP contribution in [0, 0.1) is 11.3 Å². The molecule has 0 saturated carbocycles. The van der Waals surface area contributed by atoms with Gasteiger partial charge < -0.3 is 5.32 Å². The molecule has 1 N–H and O–H groups in total. The molecule has 0 radical (unpaired) electrons. The average molecular weight is 534 g/mol. The highest BCUT2D eigenvalue weighted by Crippen LogP contribution is 2.35. The van der Waals surface area contributed by atoms with Crippen LogP contribution in [0.5, 0.6) is 0 Å². The number of rotatable bonds is 5. The Morgan fingerprint density at radius 1 is 1.09 bits per heavy atom. The number of hydrogen-bond donors (Lipinski definition) is 1. The van der Waals surface area contributed by atoms with Crippen molar-refractivity contribution in [3.8, 4) is 6.07 Å². The van der Waals surface area contributed by atoms with Gasteiger partial charge in [-0.3, -0.25) is 9.69 Å². The van der Waals surface area contributed by atoms with Crippen molar-refractivity contribution < 1.29 is 18.0 Å². The van der Waals surface area contributed by atoms with Gasteiger partial charge in [-0.25, -0.2) is 0 Å². The second kappa shape index (κ2) is 9.67. The SMILES string of the molecule is N#Cc1ccc([C@H](c2ccc(C(F)(F)F)cc2)N2CCC(NC(=O)c3ccc(Br)s3)C2)cc1. The maximum atomic E-state index is 13.1. The molecule has 33 heavy (non-hydrogen) atoms. The van der Waals surface area contributed by atoms with Gasteiger partial charge in [-0.05, 0) is 69.9 Å². The smallest absolute Gasteiger partial charge is 0.347 e. The molecule has 1 saturated heterocycles. The molecule has 0 aliphatic carbocycles. The zero-order chi connectivity index (χ0) is 23.6. The van der Waals surface area contributed by atoms with Gasteiger partial charge in [-0.15, -0.1) is 11.3 Å². The maximum absolute atomic E-state index is 13.1. The molecule has 0 bridgehead atoms. The van der Waals surface area contributed by atoms with E-state index in [9.17, 15) is 18.0 Å². The van der Waals surface area contributed by atoms with Gasteiger partial charge in [0.1, 0.15) is 0 Å². The summed E-state index contributed by atoms with van der Waals surface area (Å²) in [6.45, 7) is 1.23. The highest BCUT2D eigenvalue weighted by Gasteiger charge is 2.33. The van der Waals surface area contributed by atoms with Crippen LogP contribution < -0.4 is 5.32 Å². The van der Waals surface area contributed by atoms with Crippen LogP contribution in [-0.2, 0) is 6.18 Å². The van der Waals surface area contributed by atoms with Gasteiger partial charge in [0, 0.05) is 19.1 Å². The lowest BCUT2D eigenvalue weighted by Crippen LogP contribution is -2.37. The van der Waals surface area contributed by atoms with Crippen molar-refractivity contribution in [1.82, 2.24) is 10.2 Å². The van der Waals surface area contributed by atoms with Gasteiger partial charge in [0.15, 0.2) is 0 Å². The predicted molar refractivity (Wildman–Crippen MR) is 124 cm³/mol. The van der Waals surface area contributed by atoms with E-state index in [1.54, 1.807) is 18.2 Å². The van der Waals surface area contributed by atoms with E-state index in [0.717, 1.165) is 33.5 Å². The number of amides is 1. The fraction of sp³-hybridized carbons (Fsp3) is 0.250. The van der Waals surface area contributed by atoms with E-state index in [1.165, 1.54) is 23.5 Å². The number of halogens is 4. The van der Waals surface area contributed by atoms with Crippen LogP contribution in [0.3, 0.4) is 0 Å². The molecule has 2 aromatic carbocycles. The molecule has 3 aromatic rings. The molecule has 4 rings (SSSR count). The fourth-order valence-electron chi connectivity index (χ4n) is 4.04. The Labute approximate surface area is 201 Å². The third-order valence-corrected chi connectivity index (χ3v) is 7.25. The van der Waals surface area contributed by atoms with E-state index in [-0.39, 0.29) is 18.0 Å². The average Bonchev–Trinajstić information content (AvgIpc) is 3.43. The molecule has 170 valence electrons. The van der Waals surface area contributed by atoms with Crippen LogP contribution in [-0.4, -0.2) is 29.9 Å². The Bertz CT molecular complexity index is 1170. The number of nitrogens with one attached hydrogen (secondary N) is 1.